The Morgan fingerprint density at radius 3 is 2.38 bits per heavy atom. The fourth-order valence-electron chi connectivity index (χ4n) is 2.59. The number of hydrogen-bond donors (Lipinski definition) is 0. The molecule has 0 aromatic carbocycles. The summed E-state index contributed by atoms with van der Waals surface area (Å²) in [7, 11) is -1.35. The summed E-state index contributed by atoms with van der Waals surface area (Å²) in [5.74, 6) is 0.0635. The molecule has 122 valence electrons. The molecule has 0 N–H and O–H groups in total. The number of carbonyl (C=O) groups is 2. The molecule has 0 aromatic rings. The molecule has 6 nitrogen and oxygen atoms in total. The highest BCUT2D eigenvalue weighted by molar-refractivity contribution is 7.91. The predicted molar refractivity (Wildman–Crippen MR) is 81.6 cm³/mol. The summed E-state index contributed by atoms with van der Waals surface area (Å²) in [5, 5.41) is 0. The first-order chi connectivity index (χ1) is 9.68. The first-order valence-corrected chi connectivity index (χ1v) is 9.23. The minimum Gasteiger partial charge on any atom is -0.342 e. The minimum atomic E-state index is -2.99. The van der Waals surface area contributed by atoms with Crippen molar-refractivity contribution >= 4 is 21.7 Å². The van der Waals surface area contributed by atoms with Crippen molar-refractivity contribution in [3.8, 4) is 0 Å². The molecule has 0 aliphatic carbocycles. The second kappa shape index (κ2) is 7.24. The second-order valence-electron chi connectivity index (χ2n) is 5.78. The van der Waals surface area contributed by atoms with Gasteiger partial charge in [0.25, 0.3) is 0 Å². The molecule has 2 atom stereocenters. The SMILES string of the molecule is CCC(C)N(CCC(=O)N(C)C1CCS(=O)(=O)C1)C(C)=O. The van der Waals surface area contributed by atoms with Crippen LogP contribution in [0.25, 0.3) is 0 Å². The number of hydrogen-bond acceptors (Lipinski definition) is 4. The number of rotatable bonds is 6. The Morgan fingerprint density at radius 2 is 1.95 bits per heavy atom. The van der Waals surface area contributed by atoms with Crippen LogP contribution in [-0.4, -0.2) is 67.2 Å². The lowest BCUT2D eigenvalue weighted by atomic mass is 10.2. The van der Waals surface area contributed by atoms with Crippen LogP contribution in [0.2, 0.25) is 0 Å². The van der Waals surface area contributed by atoms with Crippen molar-refractivity contribution in [2.24, 2.45) is 0 Å². The third-order valence-electron chi connectivity index (χ3n) is 4.24. The zero-order chi connectivity index (χ0) is 16.2. The van der Waals surface area contributed by atoms with Crippen LogP contribution in [0.4, 0.5) is 0 Å². The molecule has 0 saturated carbocycles. The van der Waals surface area contributed by atoms with Gasteiger partial charge in [-0.3, -0.25) is 9.59 Å². The first-order valence-electron chi connectivity index (χ1n) is 7.41. The van der Waals surface area contributed by atoms with E-state index in [0.29, 0.717) is 13.0 Å². The van der Waals surface area contributed by atoms with Crippen molar-refractivity contribution in [1.29, 1.82) is 0 Å². The fraction of sp³-hybridized carbons (Fsp3) is 0.857. The molecular formula is C14H26N2O4S. The molecule has 0 bridgehead atoms. The van der Waals surface area contributed by atoms with Gasteiger partial charge in [-0.25, -0.2) is 8.42 Å². The van der Waals surface area contributed by atoms with E-state index < -0.39 is 9.84 Å². The molecule has 0 radical (unpaired) electrons. The van der Waals surface area contributed by atoms with E-state index in [-0.39, 0.29) is 41.8 Å². The van der Waals surface area contributed by atoms with E-state index in [4.69, 9.17) is 0 Å². The Labute approximate surface area is 127 Å². The Kier molecular flexibility index (Phi) is 6.19. The monoisotopic (exact) mass is 318 g/mol. The van der Waals surface area contributed by atoms with Gasteiger partial charge in [0, 0.05) is 39.0 Å². The van der Waals surface area contributed by atoms with Gasteiger partial charge in [-0.15, -0.1) is 0 Å². The van der Waals surface area contributed by atoms with Gasteiger partial charge in [0.1, 0.15) is 0 Å². The summed E-state index contributed by atoms with van der Waals surface area (Å²) in [6, 6.07) is -0.121. The maximum atomic E-state index is 12.2. The Hall–Kier alpha value is -1.11. The zero-order valence-electron chi connectivity index (χ0n) is 13.3. The van der Waals surface area contributed by atoms with Gasteiger partial charge in [0.05, 0.1) is 11.5 Å². The lowest BCUT2D eigenvalue weighted by molar-refractivity contribution is -0.134. The molecule has 1 rings (SSSR count). The fourth-order valence-corrected chi connectivity index (χ4v) is 4.36. The highest BCUT2D eigenvalue weighted by Crippen LogP contribution is 2.17. The summed E-state index contributed by atoms with van der Waals surface area (Å²) >= 11 is 0. The maximum Gasteiger partial charge on any atom is 0.224 e. The standard InChI is InChI=1S/C14H26N2O4S/c1-5-11(2)16(12(3)17)8-6-14(18)15(4)13-7-9-21(19,20)10-13/h11,13H,5-10H2,1-4H3. The van der Waals surface area contributed by atoms with Crippen LogP contribution < -0.4 is 0 Å². The van der Waals surface area contributed by atoms with Crippen LogP contribution in [0.15, 0.2) is 0 Å². The van der Waals surface area contributed by atoms with E-state index in [0.717, 1.165) is 6.42 Å². The quantitative estimate of drug-likeness (QED) is 0.721. The highest BCUT2D eigenvalue weighted by atomic mass is 32.2. The smallest absolute Gasteiger partial charge is 0.224 e. The van der Waals surface area contributed by atoms with E-state index in [1.54, 1.807) is 11.9 Å². The molecule has 21 heavy (non-hydrogen) atoms. The topological polar surface area (TPSA) is 74.8 Å². The molecular weight excluding hydrogens is 292 g/mol. The number of sulfone groups is 1. The molecule has 0 spiro atoms. The maximum absolute atomic E-state index is 12.2. The summed E-state index contributed by atoms with van der Waals surface area (Å²) in [6.07, 6.45) is 1.58. The summed E-state index contributed by atoms with van der Waals surface area (Å²) in [6.45, 7) is 5.84. The van der Waals surface area contributed by atoms with E-state index in [1.165, 1.54) is 11.8 Å². The van der Waals surface area contributed by atoms with Crippen molar-refractivity contribution in [2.45, 2.75) is 52.1 Å². The van der Waals surface area contributed by atoms with E-state index >= 15 is 0 Å². The van der Waals surface area contributed by atoms with Crippen LogP contribution in [0.3, 0.4) is 0 Å². The van der Waals surface area contributed by atoms with Crippen LogP contribution in [-0.2, 0) is 19.4 Å². The molecule has 2 amide bonds. The van der Waals surface area contributed by atoms with Crippen LogP contribution in [0, 0.1) is 0 Å². The molecule has 7 heteroatoms. The predicted octanol–water partition coefficient (Wildman–Crippen LogP) is 0.669. The lowest BCUT2D eigenvalue weighted by Crippen LogP contribution is -2.42. The van der Waals surface area contributed by atoms with Gasteiger partial charge < -0.3 is 9.80 Å². The average molecular weight is 318 g/mol. The molecule has 0 aromatic heterocycles. The molecule has 1 aliphatic rings. The van der Waals surface area contributed by atoms with Gasteiger partial charge in [-0.1, -0.05) is 6.92 Å². The third-order valence-corrected chi connectivity index (χ3v) is 5.99. The van der Waals surface area contributed by atoms with Crippen LogP contribution in [0.1, 0.15) is 40.0 Å². The summed E-state index contributed by atoms with van der Waals surface area (Å²) < 4.78 is 22.9. The van der Waals surface area contributed by atoms with E-state index in [9.17, 15) is 18.0 Å². The number of carbonyl (C=O) groups excluding carboxylic acids is 2. The first kappa shape index (κ1) is 17.9. The molecule has 1 heterocycles. The summed E-state index contributed by atoms with van der Waals surface area (Å²) in [4.78, 5) is 27.0. The van der Waals surface area contributed by atoms with Gasteiger partial charge >= 0.3 is 0 Å². The highest BCUT2D eigenvalue weighted by Gasteiger charge is 2.32. The number of amides is 2. The van der Waals surface area contributed by atoms with Crippen molar-refractivity contribution in [3.63, 3.8) is 0 Å². The lowest BCUT2D eigenvalue weighted by Gasteiger charge is -2.29. The van der Waals surface area contributed by atoms with Gasteiger partial charge in [0.2, 0.25) is 11.8 Å². The molecule has 1 saturated heterocycles. The molecule has 2 unspecified atom stereocenters. The second-order valence-corrected chi connectivity index (χ2v) is 8.01. The normalized spacial score (nSPS) is 21.8. The van der Waals surface area contributed by atoms with E-state index in [1.807, 2.05) is 13.8 Å². The Morgan fingerprint density at radius 1 is 1.33 bits per heavy atom. The Balaban J connectivity index is 2.54. The van der Waals surface area contributed by atoms with E-state index in [2.05, 4.69) is 0 Å². The van der Waals surface area contributed by atoms with Gasteiger partial charge in [-0.2, -0.15) is 0 Å². The van der Waals surface area contributed by atoms with Crippen LogP contribution in [0.5, 0.6) is 0 Å². The molecule has 1 fully saturated rings. The van der Waals surface area contributed by atoms with Crippen molar-refractivity contribution in [2.75, 3.05) is 25.1 Å². The van der Waals surface area contributed by atoms with Gasteiger partial charge in [0.15, 0.2) is 9.84 Å². The average Bonchev–Trinajstić information content (AvgIpc) is 2.77. The Bertz CT molecular complexity index is 489. The third kappa shape index (κ3) is 4.98. The number of nitrogens with zero attached hydrogens (tertiary/aromatic N) is 2. The van der Waals surface area contributed by atoms with Crippen molar-refractivity contribution < 1.29 is 18.0 Å². The zero-order valence-corrected chi connectivity index (χ0v) is 14.1. The molecule has 1 aliphatic heterocycles. The summed E-state index contributed by atoms with van der Waals surface area (Å²) in [5.41, 5.74) is 0. The van der Waals surface area contributed by atoms with Crippen molar-refractivity contribution in [1.82, 2.24) is 9.80 Å². The van der Waals surface area contributed by atoms with Gasteiger partial charge in [-0.05, 0) is 19.8 Å². The minimum absolute atomic E-state index is 0.0387. The van der Waals surface area contributed by atoms with Crippen LogP contribution >= 0.6 is 0 Å². The van der Waals surface area contributed by atoms with Crippen molar-refractivity contribution in [3.05, 3.63) is 0 Å². The largest absolute Gasteiger partial charge is 0.342 e.